The standard InChI is InChI=1S/C6H8F3N3O/c1-12(13)3-4-2-10-11-5(4)6(7,8)9/h2,13H,3H2,1H3,(H,10,11). The van der Waals surface area contributed by atoms with Crippen LogP contribution in [-0.2, 0) is 12.7 Å². The van der Waals surface area contributed by atoms with E-state index in [1.165, 1.54) is 7.05 Å². The number of nitrogens with one attached hydrogen (secondary N) is 1. The molecule has 0 fully saturated rings. The van der Waals surface area contributed by atoms with Crippen LogP contribution in [0.2, 0.25) is 0 Å². The van der Waals surface area contributed by atoms with Crippen LogP contribution in [0, 0.1) is 0 Å². The number of aromatic amines is 1. The van der Waals surface area contributed by atoms with Crippen molar-refractivity contribution in [3.8, 4) is 0 Å². The van der Waals surface area contributed by atoms with Gasteiger partial charge < -0.3 is 5.21 Å². The van der Waals surface area contributed by atoms with Gasteiger partial charge in [-0.3, -0.25) is 5.10 Å². The van der Waals surface area contributed by atoms with Crippen molar-refractivity contribution in [1.82, 2.24) is 15.3 Å². The molecule has 0 unspecified atom stereocenters. The van der Waals surface area contributed by atoms with Gasteiger partial charge in [0.15, 0.2) is 0 Å². The summed E-state index contributed by atoms with van der Waals surface area (Å²) in [5, 5.41) is 14.5. The SMILES string of the molecule is CN(O)Cc1cn[nH]c1C(F)(F)F. The number of hydrogen-bond acceptors (Lipinski definition) is 3. The smallest absolute Gasteiger partial charge is 0.314 e. The molecular formula is C6H8F3N3O. The van der Waals surface area contributed by atoms with Crippen molar-refractivity contribution < 1.29 is 18.4 Å². The molecule has 0 aliphatic rings. The Kier molecular flexibility index (Phi) is 2.58. The number of H-pyrrole nitrogens is 1. The Labute approximate surface area is 71.9 Å². The summed E-state index contributed by atoms with van der Waals surface area (Å²) in [7, 11) is 1.26. The minimum atomic E-state index is -4.46. The molecule has 2 N–H and O–H groups in total. The van der Waals surface area contributed by atoms with Crippen molar-refractivity contribution in [1.29, 1.82) is 0 Å². The maximum atomic E-state index is 12.2. The molecule has 0 radical (unpaired) electrons. The third-order valence-corrected chi connectivity index (χ3v) is 1.40. The third kappa shape index (κ3) is 2.43. The van der Waals surface area contributed by atoms with Crippen molar-refractivity contribution in [2.45, 2.75) is 12.7 Å². The lowest BCUT2D eigenvalue weighted by Gasteiger charge is -2.09. The van der Waals surface area contributed by atoms with Gasteiger partial charge in [0, 0.05) is 12.6 Å². The maximum Gasteiger partial charge on any atom is 0.433 e. The van der Waals surface area contributed by atoms with Gasteiger partial charge in [-0.2, -0.15) is 23.3 Å². The van der Waals surface area contributed by atoms with Gasteiger partial charge in [0.1, 0.15) is 5.69 Å². The molecule has 1 heterocycles. The number of rotatable bonds is 2. The van der Waals surface area contributed by atoms with Gasteiger partial charge in [-0.05, 0) is 0 Å². The molecule has 74 valence electrons. The fraction of sp³-hybridized carbons (Fsp3) is 0.500. The molecule has 0 saturated carbocycles. The first-order valence-corrected chi connectivity index (χ1v) is 3.40. The van der Waals surface area contributed by atoms with E-state index in [4.69, 9.17) is 5.21 Å². The molecule has 4 nitrogen and oxygen atoms in total. The molecule has 0 bridgehead atoms. The summed E-state index contributed by atoms with van der Waals surface area (Å²) in [6.45, 7) is -0.217. The third-order valence-electron chi connectivity index (χ3n) is 1.40. The number of hydrogen-bond donors (Lipinski definition) is 2. The van der Waals surface area contributed by atoms with E-state index in [-0.39, 0.29) is 12.1 Å². The predicted octanol–water partition coefficient (Wildman–Crippen LogP) is 1.25. The zero-order valence-corrected chi connectivity index (χ0v) is 6.76. The normalized spacial score (nSPS) is 12.5. The van der Waals surface area contributed by atoms with Crippen LogP contribution in [-0.4, -0.2) is 27.5 Å². The molecule has 7 heteroatoms. The highest BCUT2D eigenvalue weighted by Crippen LogP contribution is 2.30. The van der Waals surface area contributed by atoms with E-state index in [0.29, 0.717) is 5.06 Å². The average Bonchev–Trinajstić information content (AvgIpc) is 2.31. The van der Waals surface area contributed by atoms with E-state index < -0.39 is 11.9 Å². The highest BCUT2D eigenvalue weighted by atomic mass is 19.4. The van der Waals surface area contributed by atoms with Gasteiger partial charge in [0.2, 0.25) is 0 Å². The Morgan fingerprint density at radius 1 is 1.62 bits per heavy atom. The van der Waals surface area contributed by atoms with Crippen LogP contribution in [0.5, 0.6) is 0 Å². The van der Waals surface area contributed by atoms with Crippen LogP contribution >= 0.6 is 0 Å². The lowest BCUT2D eigenvalue weighted by atomic mass is 10.2. The van der Waals surface area contributed by atoms with Crippen LogP contribution in [0.3, 0.4) is 0 Å². The summed E-state index contributed by atoms with van der Waals surface area (Å²) < 4.78 is 36.5. The highest BCUT2D eigenvalue weighted by molar-refractivity contribution is 5.18. The summed E-state index contributed by atoms with van der Waals surface area (Å²) in [5.74, 6) is 0. The van der Waals surface area contributed by atoms with Crippen LogP contribution in [0.4, 0.5) is 13.2 Å². The summed E-state index contributed by atoms with van der Waals surface area (Å²) >= 11 is 0. The molecule has 13 heavy (non-hydrogen) atoms. The monoisotopic (exact) mass is 195 g/mol. The maximum absolute atomic E-state index is 12.2. The lowest BCUT2D eigenvalue weighted by Crippen LogP contribution is -2.16. The van der Waals surface area contributed by atoms with E-state index in [1.54, 1.807) is 0 Å². The summed E-state index contributed by atoms with van der Waals surface area (Å²) in [4.78, 5) is 0. The largest absolute Gasteiger partial charge is 0.433 e. The number of nitrogens with zero attached hydrogens (tertiary/aromatic N) is 2. The predicted molar refractivity (Wildman–Crippen MR) is 36.8 cm³/mol. The van der Waals surface area contributed by atoms with E-state index in [9.17, 15) is 13.2 Å². The molecule has 0 saturated heterocycles. The molecular weight excluding hydrogens is 187 g/mol. The Balaban J connectivity index is 2.90. The zero-order valence-electron chi connectivity index (χ0n) is 6.76. The summed E-state index contributed by atoms with van der Waals surface area (Å²) in [6.07, 6.45) is -3.42. The van der Waals surface area contributed by atoms with Crippen molar-refractivity contribution >= 4 is 0 Å². The summed E-state index contributed by atoms with van der Waals surface area (Å²) in [6, 6.07) is 0. The van der Waals surface area contributed by atoms with Gasteiger partial charge in [-0.15, -0.1) is 0 Å². The van der Waals surface area contributed by atoms with Gasteiger partial charge in [-0.1, -0.05) is 0 Å². The van der Waals surface area contributed by atoms with Crippen molar-refractivity contribution in [2.75, 3.05) is 7.05 Å². The van der Waals surface area contributed by atoms with Crippen LogP contribution in [0.25, 0.3) is 0 Å². The second-order valence-corrected chi connectivity index (χ2v) is 2.58. The molecule has 0 aliphatic carbocycles. The van der Waals surface area contributed by atoms with Crippen molar-refractivity contribution in [2.24, 2.45) is 0 Å². The minimum Gasteiger partial charge on any atom is -0.314 e. The van der Waals surface area contributed by atoms with E-state index in [0.717, 1.165) is 6.20 Å². The fourth-order valence-corrected chi connectivity index (χ4v) is 0.923. The zero-order chi connectivity index (χ0) is 10.1. The number of halogens is 3. The molecule has 0 spiro atoms. The van der Waals surface area contributed by atoms with E-state index in [2.05, 4.69) is 5.10 Å². The molecule has 0 atom stereocenters. The first kappa shape index (κ1) is 10.0. The van der Waals surface area contributed by atoms with Crippen molar-refractivity contribution in [3.05, 3.63) is 17.5 Å². The van der Waals surface area contributed by atoms with Crippen LogP contribution in [0.15, 0.2) is 6.20 Å². The molecule has 0 amide bonds. The van der Waals surface area contributed by atoms with Gasteiger partial charge >= 0.3 is 6.18 Å². The topological polar surface area (TPSA) is 52.1 Å². The van der Waals surface area contributed by atoms with Crippen LogP contribution in [0.1, 0.15) is 11.3 Å². The molecule has 1 rings (SSSR count). The van der Waals surface area contributed by atoms with Crippen molar-refractivity contribution in [3.63, 3.8) is 0 Å². The first-order valence-electron chi connectivity index (χ1n) is 3.40. The molecule has 1 aromatic heterocycles. The second-order valence-electron chi connectivity index (χ2n) is 2.58. The number of hydroxylamine groups is 2. The van der Waals surface area contributed by atoms with Gasteiger partial charge in [-0.25, -0.2) is 0 Å². The van der Waals surface area contributed by atoms with E-state index >= 15 is 0 Å². The quantitative estimate of drug-likeness (QED) is 0.698. The Morgan fingerprint density at radius 3 is 2.69 bits per heavy atom. The first-order chi connectivity index (χ1) is 5.91. The number of aromatic nitrogens is 2. The Bertz CT molecular complexity index is 281. The minimum absolute atomic E-state index is 0.0856. The lowest BCUT2D eigenvalue weighted by molar-refractivity contribution is -0.143. The summed E-state index contributed by atoms with van der Waals surface area (Å²) in [5.41, 5.74) is -1.01. The van der Waals surface area contributed by atoms with Gasteiger partial charge in [0.25, 0.3) is 0 Å². The average molecular weight is 195 g/mol. The Morgan fingerprint density at radius 2 is 2.23 bits per heavy atom. The van der Waals surface area contributed by atoms with E-state index in [1.807, 2.05) is 5.10 Å². The molecule has 0 aliphatic heterocycles. The fourth-order valence-electron chi connectivity index (χ4n) is 0.923. The van der Waals surface area contributed by atoms with Gasteiger partial charge in [0.05, 0.1) is 12.7 Å². The Hall–Kier alpha value is -1.08. The molecule has 1 aromatic rings. The molecule has 0 aromatic carbocycles. The number of alkyl halides is 3. The second kappa shape index (κ2) is 3.35. The highest BCUT2D eigenvalue weighted by Gasteiger charge is 2.35. The van der Waals surface area contributed by atoms with Crippen LogP contribution < -0.4 is 0 Å².